The Labute approximate surface area is 128 Å². The molecule has 0 aliphatic carbocycles. The third-order valence-electron chi connectivity index (χ3n) is 3.95. The van der Waals surface area contributed by atoms with Crippen LogP contribution in [0.2, 0.25) is 0 Å². The molecule has 0 radical (unpaired) electrons. The number of halogens is 3. The lowest BCUT2D eigenvalue weighted by Crippen LogP contribution is -2.51. The first-order chi connectivity index (χ1) is 10.4. The molecule has 1 fully saturated rings. The lowest BCUT2D eigenvalue weighted by atomic mass is 10.1. The van der Waals surface area contributed by atoms with Gasteiger partial charge in [0.2, 0.25) is 0 Å². The highest BCUT2D eigenvalue weighted by atomic mass is 19.4. The Kier molecular flexibility index (Phi) is 5.52. The molecule has 1 N–H and O–H groups in total. The number of hydrogen-bond donors (Lipinski definition) is 1. The molecular weight excluding hydrogens is 297 g/mol. The third-order valence-corrected chi connectivity index (χ3v) is 3.95. The van der Waals surface area contributed by atoms with Crippen molar-refractivity contribution < 1.29 is 23.0 Å². The minimum atomic E-state index is -4.66. The number of aliphatic hydroxyl groups is 1. The van der Waals surface area contributed by atoms with Crippen LogP contribution < -0.4 is 9.64 Å². The number of ether oxygens (including phenoxy) is 1. The van der Waals surface area contributed by atoms with Gasteiger partial charge >= 0.3 is 6.36 Å². The first-order valence-electron chi connectivity index (χ1n) is 7.38. The molecule has 1 atom stereocenters. The van der Waals surface area contributed by atoms with Crippen molar-refractivity contribution in [3.63, 3.8) is 0 Å². The number of anilines is 1. The van der Waals surface area contributed by atoms with Gasteiger partial charge in [0.15, 0.2) is 0 Å². The van der Waals surface area contributed by atoms with E-state index in [9.17, 15) is 18.3 Å². The molecule has 0 saturated carbocycles. The van der Waals surface area contributed by atoms with Crippen LogP contribution in [0.3, 0.4) is 0 Å². The number of aliphatic hydroxyl groups excluding tert-OH is 1. The highest BCUT2D eigenvalue weighted by Gasteiger charge is 2.31. The van der Waals surface area contributed by atoms with E-state index in [2.05, 4.69) is 14.5 Å². The van der Waals surface area contributed by atoms with Crippen LogP contribution in [0.5, 0.6) is 5.75 Å². The summed E-state index contributed by atoms with van der Waals surface area (Å²) in [4.78, 5) is 4.37. The van der Waals surface area contributed by atoms with Crippen LogP contribution in [-0.2, 0) is 0 Å². The van der Waals surface area contributed by atoms with Gasteiger partial charge in [-0.3, -0.25) is 4.90 Å². The molecule has 7 heteroatoms. The Morgan fingerprint density at radius 3 is 2.18 bits per heavy atom. The van der Waals surface area contributed by atoms with Crippen LogP contribution in [0.25, 0.3) is 0 Å². The first kappa shape index (κ1) is 16.9. The summed E-state index contributed by atoms with van der Waals surface area (Å²) < 4.78 is 40.2. The van der Waals surface area contributed by atoms with Gasteiger partial charge in [-0.25, -0.2) is 0 Å². The Morgan fingerprint density at radius 2 is 1.73 bits per heavy atom. The molecular formula is C15H21F3N2O2. The quantitative estimate of drug-likeness (QED) is 0.905. The predicted octanol–water partition coefficient (Wildman–Crippen LogP) is 2.48. The van der Waals surface area contributed by atoms with Crippen molar-refractivity contribution in [1.29, 1.82) is 0 Å². The molecule has 22 heavy (non-hydrogen) atoms. The van der Waals surface area contributed by atoms with Crippen molar-refractivity contribution in [2.24, 2.45) is 0 Å². The third kappa shape index (κ3) is 4.51. The Balaban J connectivity index is 1.91. The van der Waals surface area contributed by atoms with Crippen molar-refractivity contribution in [3.8, 4) is 5.75 Å². The van der Waals surface area contributed by atoms with Crippen LogP contribution in [0.4, 0.5) is 18.9 Å². The van der Waals surface area contributed by atoms with Crippen molar-refractivity contribution in [2.45, 2.75) is 25.7 Å². The average Bonchev–Trinajstić information content (AvgIpc) is 2.48. The second-order valence-electron chi connectivity index (χ2n) is 5.31. The van der Waals surface area contributed by atoms with Crippen molar-refractivity contribution in [2.75, 3.05) is 37.7 Å². The lowest BCUT2D eigenvalue weighted by Gasteiger charge is -2.39. The molecule has 1 aromatic rings. The normalized spacial score (nSPS) is 18.3. The number of benzene rings is 1. The van der Waals surface area contributed by atoms with Crippen LogP contribution >= 0.6 is 0 Å². The van der Waals surface area contributed by atoms with Crippen LogP contribution in [0.1, 0.15) is 13.3 Å². The molecule has 4 nitrogen and oxygen atoms in total. The summed E-state index contributed by atoms with van der Waals surface area (Å²) in [7, 11) is 0. The van der Waals surface area contributed by atoms with Gasteiger partial charge in [-0.15, -0.1) is 13.2 Å². The van der Waals surface area contributed by atoms with E-state index in [1.165, 1.54) is 12.1 Å². The molecule has 1 aromatic carbocycles. The smallest absolute Gasteiger partial charge is 0.406 e. The van der Waals surface area contributed by atoms with Gasteiger partial charge in [0.1, 0.15) is 5.75 Å². The largest absolute Gasteiger partial charge is 0.573 e. The summed E-state index contributed by atoms with van der Waals surface area (Å²) >= 11 is 0. The van der Waals surface area contributed by atoms with Gasteiger partial charge in [-0.1, -0.05) is 6.92 Å². The second-order valence-corrected chi connectivity index (χ2v) is 5.31. The van der Waals surface area contributed by atoms with E-state index in [0.717, 1.165) is 38.3 Å². The lowest BCUT2D eigenvalue weighted by molar-refractivity contribution is -0.274. The topological polar surface area (TPSA) is 35.9 Å². The summed E-state index contributed by atoms with van der Waals surface area (Å²) in [6, 6.07) is 6.13. The van der Waals surface area contributed by atoms with Crippen LogP contribution in [0.15, 0.2) is 24.3 Å². The maximum Gasteiger partial charge on any atom is 0.573 e. The fourth-order valence-corrected chi connectivity index (χ4v) is 2.71. The molecule has 2 rings (SSSR count). The van der Waals surface area contributed by atoms with Crippen LogP contribution in [-0.4, -0.2) is 55.2 Å². The average molecular weight is 318 g/mol. The van der Waals surface area contributed by atoms with Gasteiger partial charge in [-0.05, 0) is 30.7 Å². The zero-order valence-corrected chi connectivity index (χ0v) is 12.5. The van der Waals surface area contributed by atoms with E-state index in [0.29, 0.717) is 0 Å². The van der Waals surface area contributed by atoms with Gasteiger partial charge in [-0.2, -0.15) is 0 Å². The van der Waals surface area contributed by atoms with E-state index in [1.54, 1.807) is 12.1 Å². The molecule has 1 heterocycles. The molecule has 1 saturated heterocycles. The van der Waals surface area contributed by atoms with Gasteiger partial charge in [0.05, 0.1) is 6.61 Å². The highest BCUT2D eigenvalue weighted by molar-refractivity contribution is 5.49. The summed E-state index contributed by atoms with van der Waals surface area (Å²) in [6.45, 7) is 5.44. The van der Waals surface area contributed by atoms with Crippen molar-refractivity contribution in [1.82, 2.24) is 4.90 Å². The molecule has 0 aromatic heterocycles. The number of piperazine rings is 1. The van der Waals surface area contributed by atoms with E-state index in [-0.39, 0.29) is 18.4 Å². The van der Waals surface area contributed by atoms with Gasteiger partial charge < -0.3 is 14.7 Å². The molecule has 0 spiro atoms. The Hall–Kier alpha value is -1.47. The molecule has 1 aliphatic rings. The molecule has 1 unspecified atom stereocenters. The maximum absolute atomic E-state index is 12.1. The van der Waals surface area contributed by atoms with Crippen molar-refractivity contribution in [3.05, 3.63) is 24.3 Å². The van der Waals surface area contributed by atoms with Crippen molar-refractivity contribution >= 4 is 5.69 Å². The summed E-state index contributed by atoms with van der Waals surface area (Å²) in [5.74, 6) is -0.207. The van der Waals surface area contributed by atoms with E-state index in [4.69, 9.17) is 0 Å². The highest BCUT2D eigenvalue weighted by Crippen LogP contribution is 2.26. The van der Waals surface area contributed by atoms with E-state index in [1.807, 2.05) is 6.92 Å². The summed E-state index contributed by atoms with van der Waals surface area (Å²) in [6.07, 6.45) is -3.76. The number of rotatable bonds is 5. The molecule has 124 valence electrons. The first-order valence-corrected chi connectivity index (χ1v) is 7.38. The SMILES string of the molecule is CCC(CO)N1CCN(c2ccc(OC(F)(F)F)cc2)CC1. The molecule has 0 amide bonds. The standard InChI is InChI=1S/C15H21F3N2O2/c1-2-12(11-21)19-7-9-20(10-8-19)13-3-5-14(6-4-13)22-15(16,17)18/h3-6,12,21H,2,7-11H2,1H3. The zero-order chi connectivity index (χ0) is 16.2. The van der Waals surface area contributed by atoms with E-state index >= 15 is 0 Å². The summed E-state index contributed by atoms with van der Waals surface area (Å²) in [5, 5.41) is 9.32. The minimum Gasteiger partial charge on any atom is -0.406 e. The fraction of sp³-hybridized carbons (Fsp3) is 0.600. The minimum absolute atomic E-state index is 0.153. The number of hydrogen-bond acceptors (Lipinski definition) is 4. The molecule has 0 bridgehead atoms. The van der Waals surface area contributed by atoms with Crippen LogP contribution in [0, 0.1) is 0 Å². The summed E-state index contributed by atoms with van der Waals surface area (Å²) in [5.41, 5.74) is 0.881. The second kappa shape index (κ2) is 7.19. The van der Waals surface area contributed by atoms with Gasteiger partial charge in [0.25, 0.3) is 0 Å². The Bertz CT molecular complexity index is 453. The van der Waals surface area contributed by atoms with Gasteiger partial charge in [0, 0.05) is 37.9 Å². The predicted molar refractivity (Wildman–Crippen MR) is 78.1 cm³/mol. The van der Waals surface area contributed by atoms with E-state index < -0.39 is 6.36 Å². The molecule has 1 aliphatic heterocycles. The maximum atomic E-state index is 12.1. The zero-order valence-electron chi connectivity index (χ0n) is 12.5. The Morgan fingerprint density at radius 1 is 1.14 bits per heavy atom. The monoisotopic (exact) mass is 318 g/mol. The number of nitrogens with zero attached hydrogens (tertiary/aromatic N) is 2. The fourth-order valence-electron chi connectivity index (χ4n) is 2.71. The number of alkyl halides is 3.